The molecule has 6 heteroatoms. The van der Waals surface area contributed by atoms with Gasteiger partial charge in [0.1, 0.15) is 0 Å². The molecule has 0 saturated carbocycles. The van der Waals surface area contributed by atoms with Crippen molar-refractivity contribution >= 4 is 6.47 Å². The van der Waals surface area contributed by atoms with Gasteiger partial charge in [0.05, 0.1) is 5.56 Å². The van der Waals surface area contributed by atoms with Crippen molar-refractivity contribution in [1.29, 1.82) is 0 Å². The number of hydrogen-bond acceptors (Lipinski definition) is 2. The Kier molecular flexibility index (Phi) is 6.17. The maximum absolute atomic E-state index is 12.2. The molecule has 0 spiro atoms. The molecule has 2 N–H and O–H groups in total. The number of hydrogen-bond donors (Lipinski definition) is 2. The Morgan fingerprint density at radius 3 is 2.44 bits per heavy atom. The molecule has 0 aliphatic rings. The lowest BCUT2D eigenvalue weighted by Crippen LogP contribution is -2.08. The van der Waals surface area contributed by atoms with Crippen LogP contribution in [0.3, 0.4) is 0 Å². The number of alkyl halides is 3. The molecular formula is C10H12F3NO2. The summed E-state index contributed by atoms with van der Waals surface area (Å²) in [5.74, 6) is 0. The maximum atomic E-state index is 12.2. The average molecular weight is 235 g/mol. The zero-order valence-corrected chi connectivity index (χ0v) is 8.58. The molecule has 1 aromatic carbocycles. The van der Waals surface area contributed by atoms with Crippen molar-refractivity contribution in [3.8, 4) is 0 Å². The van der Waals surface area contributed by atoms with Crippen LogP contribution in [0, 0.1) is 0 Å². The van der Waals surface area contributed by atoms with Gasteiger partial charge in [-0.25, -0.2) is 0 Å². The number of carboxylic acid groups (broad SMARTS) is 1. The molecule has 16 heavy (non-hydrogen) atoms. The predicted molar refractivity (Wildman–Crippen MR) is 52.9 cm³/mol. The van der Waals surface area contributed by atoms with Crippen LogP contribution in [0.1, 0.15) is 11.1 Å². The summed E-state index contributed by atoms with van der Waals surface area (Å²) in [7, 11) is 1.69. The van der Waals surface area contributed by atoms with Crippen molar-refractivity contribution in [2.75, 3.05) is 7.05 Å². The van der Waals surface area contributed by atoms with Crippen molar-refractivity contribution in [1.82, 2.24) is 5.32 Å². The zero-order chi connectivity index (χ0) is 12.6. The van der Waals surface area contributed by atoms with Gasteiger partial charge < -0.3 is 10.4 Å². The molecule has 0 radical (unpaired) electrons. The van der Waals surface area contributed by atoms with E-state index < -0.39 is 11.7 Å². The van der Waals surface area contributed by atoms with Gasteiger partial charge in [-0.15, -0.1) is 0 Å². The lowest BCUT2D eigenvalue weighted by atomic mass is 10.1. The summed E-state index contributed by atoms with van der Waals surface area (Å²) in [5, 5.41) is 9.68. The molecule has 0 fully saturated rings. The fourth-order valence-electron chi connectivity index (χ4n) is 1.06. The van der Waals surface area contributed by atoms with Crippen LogP contribution in [-0.2, 0) is 17.5 Å². The number of nitrogens with one attached hydrogen (secondary N) is 1. The van der Waals surface area contributed by atoms with Crippen molar-refractivity contribution in [2.24, 2.45) is 0 Å². The van der Waals surface area contributed by atoms with Gasteiger partial charge in [-0.05, 0) is 18.7 Å². The molecule has 0 heterocycles. The molecule has 0 amide bonds. The third kappa shape index (κ3) is 5.35. The molecule has 1 rings (SSSR count). The molecule has 3 nitrogen and oxygen atoms in total. The van der Waals surface area contributed by atoms with E-state index in [2.05, 4.69) is 5.32 Å². The van der Waals surface area contributed by atoms with Gasteiger partial charge in [0.15, 0.2) is 0 Å². The monoisotopic (exact) mass is 235 g/mol. The first-order valence-electron chi connectivity index (χ1n) is 4.34. The van der Waals surface area contributed by atoms with Gasteiger partial charge in [-0.2, -0.15) is 13.2 Å². The van der Waals surface area contributed by atoms with Crippen LogP contribution in [-0.4, -0.2) is 18.6 Å². The highest BCUT2D eigenvalue weighted by Crippen LogP contribution is 2.29. The molecular weight excluding hydrogens is 223 g/mol. The highest BCUT2D eigenvalue weighted by Gasteiger charge is 2.30. The molecule has 1 aromatic rings. The van der Waals surface area contributed by atoms with Crippen LogP contribution in [0.4, 0.5) is 13.2 Å². The van der Waals surface area contributed by atoms with Crippen molar-refractivity contribution in [3.05, 3.63) is 35.4 Å². The van der Waals surface area contributed by atoms with E-state index in [0.717, 1.165) is 12.1 Å². The molecule has 0 aliphatic heterocycles. The van der Waals surface area contributed by atoms with Crippen LogP contribution in [0.25, 0.3) is 0 Å². The minimum absolute atomic E-state index is 0.250. The van der Waals surface area contributed by atoms with Gasteiger partial charge in [0.2, 0.25) is 0 Å². The topological polar surface area (TPSA) is 49.3 Å². The minimum Gasteiger partial charge on any atom is -0.483 e. The van der Waals surface area contributed by atoms with E-state index in [1.807, 2.05) is 0 Å². The third-order valence-electron chi connectivity index (χ3n) is 1.64. The number of carbonyl (C=O) groups is 1. The van der Waals surface area contributed by atoms with Crippen molar-refractivity contribution in [2.45, 2.75) is 12.7 Å². The lowest BCUT2D eigenvalue weighted by molar-refractivity contribution is -0.137. The molecule has 0 atom stereocenters. The summed E-state index contributed by atoms with van der Waals surface area (Å²) in [6, 6.07) is 5.29. The highest BCUT2D eigenvalue weighted by molar-refractivity contribution is 5.32. The second-order valence-electron chi connectivity index (χ2n) is 2.83. The zero-order valence-electron chi connectivity index (χ0n) is 8.58. The van der Waals surface area contributed by atoms with Crippen LogP contribution in [0.15, 0.2) is 24.3 Å². The molecule has 0 aliphatic carbocycles. The fraction of sp³-hybridized carbons (Fsp3) is 0.300. The van der Waals surface area contributed by atoms with E-state index in [9.17, 15) is 13.2 Å². The highest BCUT2D eigenvalue weighted by atomic mass is 19.4. The summed E-state index contributed by atoms with van der Waals surface area (Å²) < 4.78 is 36.6. The van der Waals surface area contributed by atoms with E-state index in [-0.39, 0.29) is 6.47 Å². The van der Waals surface area contributed by atoms with E-state index in [4.69, 9.17) is 9.90 Å². The number of rotatable bonds is 2. The third-order valence-corrected chi connectivity index (χ3v) is 1.64. The molecule has 0 saturated heterocycles. The number of benzene rings is 1. The first-order valence-corrected chi connectivity index (χ1v) is 4.34. The molecule has 90 valence electrons. The Bertz CT molecular complexity index is 326. The van der Waals surface area contributed by atoms with Crippen molar-refractivity contribution in [3.63, 3.8) is 0 Å². The molecule has 0 unspecified atom stereocenters. The second-order valence-corrected chi connectivity index (χ2v) is 2.83. The van der Waals surface area contributed by atoms with Crippen molar-refractivity contribution < 1.29 is 23.1 Å². The molecule has 0 bridgehead atoms. The van der Waals surface area contributed by atoms with E-state index in [1.165, 1.54) is 6.07 Å². The standard InChI is InChI=1S/C9H10F3N.CH2O2/c1-13-6-7-3-2-4-8(5-7)9(10,11)12;2-1-3/h2-5,13H,6H2,1H3;1H,(H,2,3). The second kappa shape index (κ2) is 6.84. The minimum atomic E-state index is -4.25. The van der Waals surface area contributed by atoms with Gasteiger partial charge in [-0.3, -0.25) is 4.79 Å². The smallest absolute Gasteiger partial charge is 0.416 e. The normalized spacial score (nSPS) is 10.2. The van der Waals surface area contributed by atoms with Gasteiger partial charge >= 0.3 is 6.18 Å². The largest absolute Gasteiger partial charge is 0.483 e. The van der Waals surface area contributed by atoms with Gasteiger partial charge in [-0.1, -0.05) is 18.2 Å². The maximum Gasteiger partial charge on any atom is 0.416 e. The Morgan fingerprint density at radius 2 is 2.00 bits per heavy atom. The SMILES string of the molecule is CNCc1cccc(C(F)(F)F)c1.O=CO. The average Bonchev–Trinajstić information content (AvgIpc) is 2.18. The van der Waals surface area contributed by atoms with Crippen LogP contribution in [0.5, 0.6) is 0 Å². The fourth-order valence-corrected chi connectivity index (χ4v) is 1.06. The first kappa shape index (κ1) is 14.4. The van der Waals surface area contributed by atoms with E-state index >= 15 is 0 Å². The Labute approximate surface area is 90.9 Å². The summed E-state index contributed by atoms with van der Waals surface area (Å²) in [6.45, 7) is 0.198. The summed E-state index contributed by atoms with van der Waals surface area (Å²) in [6.07, 6.45) is -4.25. The number of halogens is 3. The Balaban J connectivity index is 0.000000673. The van der Waals surface area contributed by atoms with Crippen LogP contribution >= 0.6 is 0 Å². The van der Waals surface area contributed by atoms with E-state index in [0.29, 0.717) is 12.1 Å². The molecule has 0 aromatic heterocycles. The van der Waals surface area contributed by atoms with Crippen LogP contribution in [0.2, 0.25) is 0 Å². The van der Waals surface area contributed by atoms with E-state index in [1.54, 1.807) is 13.1 Å². The quantitative estimate of drug-likeness (QED) is 0.772. The summed E-state index contributed by atoms with van der Waals surface area (Å²) in [5.41, 5.74) is 0.0394. The first-order chi connectivity index (χ1) is 7.45. The van der Waals surface area contributed by atoms with Gasteiger partial charge in [0.25, 0.3) is 6.47 Å². The Hall–Kier alpha value is -1.56. The predicted octanol–water partition coefficient (Wildman–Crippen LogP) is 2.13. The van der Waals surface area contributed by atoms with Crippen LogP contribution < -0.4 is 5.32 Å². The van der Waals surface area contributed by atoms with Gasteiger partial charge in [0, 0.05) is 6.54 Å². The Morgan fingerprint density at radius 1 is 1.44 bits per heavy atom. The summed E-state index contributed by atoms with van der Waals surface area (Å²) in [4.78, 5) is 8.36. The summed E-state index contributed by atoms with van der Waals surface area (Å²) >= 11 is 0. The lowest BCUT2D eigenvalue weighted by Gasteiger charge is -2.07.